The van der Waals surface area contributed by atoms with Gasteiger partial charge in [0.2, 0.25) is 5.91 Å². The monoisotopic (exact) mass is 359 g/mol. The highest BCUT2D eigenvalue weighted by Gasteiger charge is 2.30. The van der Waals surface area contributed by atoms with E-state index in [1.54, 1.807) is 0 Å². The number of carbonyl (C=O) groups is 1. The molecule has 0 bridgehead atoms. The Morgan fingerprint density at radius 2 is 2.12 bits per heavy atom. The molecule has 4 heterocycles. The molecule has 8 nitrogen and oxygen atoms in total. The number of aromatic nitrogens is 3. The zero-order valence-electron chi connectivity index (χ0n) is 15.3. The molecule has 2 aliphatic rings. The molecule has 0 aliphatic carbocycles. The van der Waals surface area contributed by atoms with Gasteiger partial charge in [0, 0.05) is 44.5 Å². The summed E-state index contributed by atoms with van der Waals surface area (Å²) in [6.07, 6.45) is 2.29. The van der Waals surface area contributed by atoms with Gasteiger partial charge in [-0.25, -0.2) is 0 Å². The maximum absolute atomic E-state index is 12.7. The number of fused-ring (bicyclic) bond motifs is 1. The lowest BCUT2D eigenvalue weighted by atomic mass is 10.1. The van der Waals surface area contributed by atoms with E-state index in [2.05, 4.69) is 15.2 Å². The van der Waals surface area contributed by atoms with Gasteiger partial charge < -0.3 is 14.2 Å². The number of morpholine rings is 1. The van der Waals surface area contributed by atoms with Gasteiger partial charge >= 0.3 is 0 Å². The summed E-state index contributed by atoms with van der Waals surface area (Å²) in [5.41, 5.74) is 3.21. The molecule has 4 rings (SSSR count). The Morgan fingerprint density at radius 3 is 2.85 bits per heavy atom. The van der Waals surface area contributed by atoms with Crippen LogP contribution in [0.25, 0.3) is 0 Å². The lowest BCUT2D eigenvalue weighted by Gasteiger charge is -2.35. The Bertz CT molecular complexity index is 758. The molecule has 140 valence electrons. The molecule has 0 aromatic carbocycles. The van der Waals surface area contributed by atoms with Gasteiger partial charge in [0.15, 0.2) is 0 Å². The lowest BCUT2D eigenvalue weighted by molar-refractivity contribution is -0.136. The van der Waals surface area contributed by atoms with E-state index in [-0.39, 0.29) is 11.9 Å². The minimum atomic E-state index is 0.0459. The van der Waals surface area contributed by atoms with Crippen molar-refractivity contribution in [2.75, 3.05) is 32.8 Å². The summed E-state index contributed by atoms with van der Waals surface area (Å²) in [5.74, 6) is 1.04. The van der Waals surface area contributed by atoms with Crippen LogP contribution in [0, 0.1) is 13.8 Å². The molecule has 1 fully saturated rings. The molecule has 0 unspecified atom stereocenters. The number of nitrogens with zero attached hydrogens (tertiary/aromatic N) is 5. The van der Waals surface area contributed by atoms with E-state index in [4.69, 9.17) is 9.26 Å². The zero-order valence-corrected chi connectivity index (χ0v) is 15.3. The molecule has 26 heavy (non-hydrogen) atoms. The maximum Gasteiger partial charge on any atom is 0.224 e. The molecule has 0 radical (unpaired) electrons. The van der Waals surface area contributed by atoms with Gasteiger partial charge in [0.1, 0.15) is 5.76 Å². The standard InChI is InChI=1S/C18H25N5O3/c1-13-17(14(2)26-20-13)12-21-10-15-3-4-19-23(15)16(11-21)9-18(24)22-5-7-25-8-6-22/h3-4,16H,5-12H2,1-2H3/t16-/m0/s1. The highest BCUT2D eigenvalue weighted by Crippen LogP contribution is 2.26. The first-order valence-corrected chi connectivity index (χ1v) is 9.14. The molecule has 0 spiro atoms. The fourth-order valence-electron chi connectivity index (χ4n) is 3.83. The average molecular weight is 359 g/mol. The third-order valence-corrected chi connectivity index (χ3v) is 5.29. The molecule has 8 heteroatoms. The van der Waals surface area contributed by atoms with Crippen LogP contribution in [0.15, 0.2) is 16.8 Å². The zero-order chi connectivity index (χ0) is 18.1. The number of amides is 1. The third-order valence-electron chi connectivity index (χ3n) is 5.29. The van der Waals surface area contributed by atoms with Crippen molar-refractivity contribution in [2.45, 2.75) is 39.4 Å². The van der Waals surface area contributed by atoms with E-state index in [1.807, 2.05) is 35.7 Å². The van der Waals surface area contributed by atoms with Crippen molar-refractivity contribution in [3.8, 4) is 0 Å². The van der Waals surface area contributed by atoms with Crippen molar-refractivity contribution >= 4 is 5.91 Å². The molecule has 1 amide bonds. The third kappa shape index (κ3) is 3.39. The van der Waals surface area contributed by atoms with Crippen LogP contribution in [0.4, 0.5) is 0 Å². The van der Waals surface area contributed by atoms with Crippen LogP contribution < -0.4 is 0 Å². The van der Waals surface area contributed by atoms with Gasteiger partial charge in [-0.3, -0.25) is 14.4 Å². The molecular formula is C18H25N5O3. The largest absolute Gasteiger partial charge is 0.378 e. The van der Waals surface area contributed by atoms with E-state index >= 15 is 0 Å². The SMILES string of the molecule is Cc1noc(C)c1CN1Cc2ccnn2[C@@H](CC(=O)N2CCOCC2)C1. The first-order chi connectivity index (χ1) is 12.6. The van der Waals surface area contributed by atoms with Gasteiger partial charge in [-0.15, -0.1) is 0 Å². The first-order valence-electron chi connectivity index (χ1n) is 9.14. The number of aryl methyl sites for hydroxylation is 2. The second-order valence-corrected chi connectivity index (χ2v) is 7.09. The Morgan fingerprint density at radius 1 is 1.31 bits per heavy atom. The van der Waals surface area contributed by atoms with Crippen LogP contribution in [0.5, 0.6) is 0 Å². The summed E-state index contributed by atoms with van der Waals surface area (Å²) in [7, 11) is 0. The fraction of sp³-hybridized carbons (Fsp3) is 0.611. The molecule has 0 N–H and O–H groups in total. The van der Waals surface area contributed by atoms with E-state index in [9.17, 15) is 4.79 Å². The smallest absolute Gasteiger partial charge is 0.224 e. The van der Waals surface area contributed by atoms with Crippen molar-refractivity contribution < 1.29 is 14.1 Å². The van der Waals surface area contributed by atoms with Gasteiger partial charge in [0.05, 0.1) is 37.1 Å². The second-order valence-electron chi connectivity index (χ2n) is 7.09. The number of hydrogen-bond acceptors (Lipinski definition) is 6. The van der Waals surface area contributed by atoms with E-state index in [1.165, 1.54) is 0 Å². The predicted molar refractivity (Wildman–Crippen MR) is 93.4 cm³/mol. The summed E-state index contributed by atoms with van der Waals surface area (Å²) in [6, 6.07) is 2.08. The Labute approximate surface area is 152 Å². The summed E-state index contributed by atoms with van der Waals surface area (Å²) >= 11 is 0. The molecule has 2 aromatic rings. The predicted octanol–water partition coefficient (Wildman–Crippen LogP) is 1.29. The lowest BCUT2D eigenvalue weighted by Crippen LogP contribution is -2.44. The molecule has 0 saturated carbocycles. The number of hydrogen-bond donors (Lipinski definition) is 0. The summed E-state index contributed by atoms with van der Waals surface area (Å²) < 4.78 is 12.7. The average Bonchev–Trinajstić information content (AvgIpc) is 3.24. The van der Waals surface area contributed by atoms with E-state index in [0.717, 1.165) is 42.3 Å². The highest BCUT2D eigenvalue weighted by atomic mass is 16.5. The van der Waals surface area contributed by atoms with Crippen LogP contribution in [0.2, 0.25) is 0 Å². The molecule has 1 saturated heterocycles. The van der Waals surface area contributed by atoms with E-state index in [0.29, 0.717) is 32.7 Å². The van der Waals surface area contributed by atoms with Crippen molar-refractivity contribution in [3.63, 3.8) is 0 Å². The normalized spacial score (nSPS) is 21.0. The maximum atomic E-state index is 12.7. The first kappa shape index (κ1) is 17.2. The topological polar surface area (TPSA) is 76.6 Å². The van der Waals surface area contributed by atoms with Crippen molar-refractivity contribution in [2.24, 2.45) is 0 Å². The Balaban J connectivity index is 1.48. The van der Waals surface area contributed by atoms with Crippen LogP contribution >= 0.6 is 0 Å². The van der Waals surface area contributed by atoms with Gasteiger partial charge in [-0.1, -0.05) is 5.16 Å². The van der Waals surface area contributed by atoms with Crippen molar-refractivity contribution in [3.05, 3.63) is 35.0 Å². The molecular weight excluding hydrogens is 334 g/mol. The summed E-state index contributed by atoms with van der Waals surface area (Å²) in [4.78, 5) is 17.0. The minimum absolute atomic E-state index is 0.0459. The Kier molecular flexibility index (Phi) is 4.78. The van der Waals surface area contributed by atoms with Crippen LogP contribution in [-0.2, 0) is 22.6 Å². The van der Waals surface area contributed by atoms with Crippen LogP contribution in [-0.4, -0.2) is 63.5 Å². The number of rotatable bonds is 4. The quantitative estimate of drug-likeness (QED) is 0.819. The minimum Gasteiger partial charge on any atom is -0.378 e. The van der Waals surface area contributed by atoms with Crippen LogP contribution in [0.1, 0.15) is 35.2 Å². The van der Waals surface area contributed by atoms with Crippen LogP contribution in [0.3, 0.4) is 0 Å². The highest BCUT2D eigenvalue weighted by molar-refractivity contribution is 5.76. The molecule has 1 atom stereocenters. The van der Waals surface area contributed by atoms with Gasteiger partial charge in [-0.05, 0) is 19.9 Å². The summed E-state index contributed by atoms with van der Waals surface area (Å²) in [6.45, 7) is 8.90. The molecule has 2 aliphatic heterocycles. The molecule has 2 aromatic heterocycles. The summed E-state index contributed by atoms with van der Waals surface area (Å²) in [5, 5.41) is 8.52. The van der Waals surface area contributed by atoms with Gasteiger partial charge in [-0.2, -0.15) is 5.10 Å². The number of ether oxygens (including phenoxy) is 1. The second kappa shape index (κ2) is 7.20. The van der Waals surface area contributed by atoms with Crippen molar-refractivity contribution in [1.82, 2.24) is 24.7 Å². The van der Waals surface area contributed by atoms with E-state index < -0.39 is 0 Å². The Hall–Kier alpha value is -2.19. The van der Waals surface area contributed by atoms with Crippen molar-refractivity contribution in [1.29, 1.82) is 0 Å². The fourth-order valence-corrected chi connectivity index (χ4v) is 3.83. The van der Waals surface area contributed by atoms with Gasteiger partial charge in [0.25, 0.3) is 0 Å². The number of carbonyl (C=O) groups excluding carboxylic acids is 1.